The molecule has 0 fully saturated rings. The number of carbonyl (C=O) groups is 3. The normalized spacial score (nSPS) is 12.9. The van der Waals surface area contributed by atoms with Crippen LogP contribution in [0.2, 0.25) is 0 Å². The molecule has 35 heavy (non-hydrogen) atoms. The highest BCUT2D eigenvalue weighted by molar-refractivity contribution is 9.10. The summed E-state index contributed by atoms with van der Waals surface area (Å²) in [4.78, 5) is 36.8. The van der Waals surface area contributed by atoms with Gasteiger partial charge in [-0.15, -0.1) is 0 Å². The SMILES string of the molecule is Cc1cccc(Br)c1NC(=O)C(CCC(=O)O)NC(=O)OCC1c2ccccc2-c2ccccc21. The number of rotatable bonds is 8. The number of alkyl carbamates (subject to hydrolysis) is 1. The molecule has 0 bridgehead atoms. The van der Waals surface area contributed by atoms with Crippen molar-refractivity contribution in [3.63, 3.8) is 0 Å². The average molecular weight is 537 g/mol. The second kappa shape index (κ2) is 10.7. The Bertz CT molecular complexity index is 1210. The summed E-state index contributed by atoms with van der Waals surface area (Å²) in [6.07, 6.45) is -1.13. The molecule has 3 aromatic carbocycles. The zero-order valence-corrected chi connectivity index (χ0v) is 20.7. The Morgan fingerprint density at radius 2 is 1.60 bits per heavy atom. The molecule has 8 heteroatoms. The molecule has 0 aliphatic heterocycles. The van der Waals surface area contributed by atoms with Crippen LogP contribution in [-0.4, -0.2) is 35.7 Å². The van der Waals surface area contributed by atoms with Gasteiger partial charge in [0.25, 0.3) is 0 Å². The predicted octanol–water partition coefficient (Wildman–Crippen LogP) is 5.47. The summed E-state index contributed by atoms with van der Waals surface area (Å²) in [5, 5.41) is 14.4. The minimum atomic E-state index is -1.08. The number of carboxylic acids is 1. The van der Waals surface area contributed by atoms with E-state index < -0.39 is 24.0 Å². The number of amides is 2. The first-order valence-corrected chi connectivity index (χ1v) is 12.0. The van der Waals surface area contributed by atoms with Gasteiger partial charge in [0.15, 0.2) is 0 Å². The number of nitrogens with one attached hydrogen (secondary N) is 2. The van der Waals surface area contributed by atoms with E-state index >= 15 is 0 Å². The molecule has 1 aliphatic rings. The Kier molecular flexibility index (Phi) is 7.51. The summed E-state index contributed by atoms with van der Waals surface area (Å²) in [6.45, 7) is 1.93. The van der Waals surface area contributed by atoms with Gasteiger partial charge < -0.3 is 20.5 Å². The molecule has 3 N–H and O–H groups in total. The van der Waals surface area contributed by atoms with Gasteiger partial charge >= 0.3 is 12.1 Å². The minimum Gasteiger partial charge on any atom is -0.481 e. The van der Waals surface area contributed by atoms with Gasteiger partial charge in [-0.1, -0.05) is 60.7 Å². The van der Waals surface area contributed by atoms with Crippen molar-refractivity contribution < 1.29 is 24.2 Å². The van der Waals surface area contributed by atoms with E-state index in [9.17, 15) is 14.4 Å². The lowest BCUT2D eigenvalue weighted by Crippen LogP contribution is -2.44. The number of para-hydroxylation sites is 1. The quantitative estimate of drug-likeness (QED) is 0.354. The largest absolute Gasteiger partial charge is 0.481 e. The summed E-state index contributed by atoms with van der Waals surface area (Å²) < 4.78 is 6.22. The minimum absolute atomic E-state index is 0.0745. The van der Waals surface area contributed by atoms with Gasteiger partial charge in [-0.25, -0.2) is 4.79 Å². The molecule has 0 saturated carbocycles. The third kappa shape index (κ3) is 5.54. The monoisotopic (exact) mass is 536 g/mol. The first-order chi connectivity index (χ1) is 16.8. The zero-order chi connectivity index (χ0) is 24.9. The Hall–Kier alpha value is -3.65. The van der Waals surface area contributed by atoms with Crippen LogP contribution in [0.25, 0.3) is 11.1 Å². The van der Waals surface area contributed by atoms with E-state index in [4.69, 9.17) is 9.84 Å². The summed E-state index contributed by atoms with van der Waals surface area (Å²) in [7, 11) is 0. The van der Waals surface area contributed by atoms with E-state index in [1.165, 1.54) is 0 Å². The van der Waals surface area contributed by atoms with Crippen molar-refractivity contribution in [1.82, 2.24) is 5.32 Å². The van der Waals surface area contributed by atoms with Gasteiger partial charge in [0.05, 0.1) is 5.69 Å². The number of carboxylic acid groups (broad SMARTS) is 1. The fourth-order valence-electron chi connectivity index (χ4n) is 4.32. The van der Waals surface area contributed by atoms with Crippen molar-refractivity contribution in [1.29, 1.82) is 0 Å². The molecule has 0 heterocycles. The van der Waals surface area contributed by atoms with Gasteiger partial charge in [-0.2, -0.15) is 0 Å². The van der Waals surface area contributed by atoms with Gasteiger partial charge in [0.1, 0.15) is 12.6 Å². The third-order valence-corrected chi connectivity index (χ3v) is 6.73. The van der Waals surface area contributed by atoms with Crippen LogP contribution in [0, 0.1) is 6.92 Å². The van der Waals surface area contributed by atoms with E-state index in [1.807, 2.05) is 67.6 Å². The van der Waals surface area contributed by atoms with E-state index in [1.54, 1.807) is 6.07 Å². The predicted molar refractivity (Wildman–Crippen MR) is 136 cm³/mol. The molecule has 2 amide bonds. The number of ether oxygens (including phenoxy) is 1. The number of anilines is 1. The first-order valence-electron chi connectivity index (χ1n) is 11.2. The topological polar surface area (TPSA) is 105 Å². The standard InChI is InChI=1S/C27H25BrN2O5/c1-16-7-6-12-22(28)25(16)30-26(33)23(13-14-24(31)32)29-27(34)35-15-21-19-10-4-2-8-17(19)18-9-3-5-11-20(18)21/h2-12,21,23H,13-15H2,1H3,(H,29,34)(H,30,33)(H,31,32). The highest BCUT2D eigenvalue weighted by Gasteiger charge is 2.30. The molecule has 1 aliphatic carbocycles. The molecule has 3 aromatic rings. The second-order valence-electron chi connectivity index (χ2n) is 8.38. The van der Waals surface area contributed by atoms with Crippen LogP contribution in [0.4, 0.5) is 10.5 Å². The van der Waals surface area contributed by atoms with Crippen molar-refractivity contribution in [3.05, 3.63) is 87.9 Å². The molecule has 4 rings (SSSR count). The Morgan fingerprint density at radius 1 is 0.971 bits per heavy atom. The molecular formula is C27H25BrN2O5. The number of hydrogen-bond acceptors (Lipinski definition) is 4. The molecule has 0 aromatic heterocycles. The van der Waals surface area contributed by atoms with Gasteiger partial charge in [-0.05, 0) is 63.2 Å². The van der Waals surface area contributed by atoms with E-state index in [0.29, 0.717) is 10.2 Å². The second-order valence-corrected chi connectivity index (χ2v) is 9.23. The average Bonchev–Trinajstić information content (AvgIpc) is 3.16. The lowest BCUT2D eigenvalue weighted by atomic mass is 9.98. The molecule has 7 nitrogen and oxygen atoms in total. The summed E-state index contributed by atoms with van der Waals surface area (Å²) in [6, 6.07) is 20.4. The maximum absolute atomic E-state index is 13.0. The van der Waals surface area contributed by atoms with Crippen molar-refractivity contribution >= 4 is 39.6 Å². The fourth-order valence-corrected chi connectivity index (χ4v) is 4.88. The van der Waals surface area contributed by atoms with Crippen LogP contribution in [-0.2, 0) is 14.3 Å². The first kappa shape index (κ1) is 24.5. The van der Waals surface area contributed by atoms with E-state index in [-0.39, 0.29) is 25.4 Å². The van der Waals surface area contributed by atoms with Gasteiger partial charge in [0, 0.05) is 16.8 Å². The smallest absolute Gasteiger partial charge is 0.407 e. The molecule has 1 unspecified atom stereocenters. The number of benzene rings is 3. The van der Waals surface area contributed by atoms with Crippen molar-refractivity contribution in [2.24, 2.45) is 0 Å². The Balaban J connectivity index is 1.45. The molecular weight excluding hydrogens is 512 g/mol. The van der Waals surface area contributed by atoms with Crippen LogP contribution in [0.3, 0.4) is 0 Å². The van der Waals surface area contributed by atoms with Gasteiger partial charge in [-0.3, -0.25) is 9.59 Å². The lowest BCUT2D eigenvalue weighted by molar-refractivity contribution is -0.137. The molecule has 0 saturated heterocycles. The highest BCUT2D eigenvalue weighted by atomic mass is 79.9. The third-order valence-electron chi connectivity index (χ3n) is 6.07. The molecule has 180 valence electrons. The number of aliphatic carboxylic acids is 1. The Labute approximate surface area is 211 Å². The fraction of sp³-hybridized carbons (Fsp3) is 0.222. The maximum atomic E-state index is 13.0. The van der Waals surface area contributed by atoms with Crippen LogP contribution < -0.4 is 10.6 Å². The number of hydrogen-bond donors (Lipinski definition) is 3. The van der Waals surface area contributed by atoms with Crippen LogP contribution in [0.5, 0.6) is 0 Å². The highest BCUT2D eigenvalue weighted by Crippen LogP contribution is 2.44. The number of aryl methyl sites for hydroxylation is 1. The van der Waals surface area contributed by atoms with Crippen LogP contribution in [0.1, 0.15) is 35.4 Å². The maximum Gasteiger partial charge on any atom is 0.407 e. The van der Waals surface area contributed by atoms with Crippen molar-refractivity contribution in [2.75, 3.05) is 11.9 Å². The summed E-state index contributed by atoms with van der Waals surface area (Å²) in [5.74, 6) is -1.70. The molecule has 0 radical (unpaired) electrons. The number of halogens is 1. The molecule has 0 spiro atoms. The number of fused-ring (bicyclic) bond motifs is 3. The van der Waals surface area contributed by atoms with Gasteiger partial charge in [0.2, 0.25) is 5.91 Å². The van der Waals surface area contributed by atoms with Crippen LogP contribution >= 0.6 is 15.9 Å². The van der Waals surface area contributed by atoms with Crippen LogP contribution in [0.15, 0.2) is 71.2 Å². The summed E-state index contributed by atoms with van der Waals surface area (Å²) >= 11 is 3.41. The summed E-state index contributed by atoms with van der Waals surface area (Å²) in [5.41, 5.74) is 5.76. The lowest BCUT2D eigenvalue weighted by Gasteiger charge is -2.20. The number of carbonyl (C=O) groups excluding carboxylic acids is 2. The van der Waals surface area contributed by atoms with Crippen molar-refractivity contribution in [3.8, 4) is 11.1 Å². The Morgan fingerprint density at radius 3 is 2.20 bits per heavy atom. The zero-order valence-electron chi connectivity index (χ0n) is 19.1. The molecule has 1 atom stereocenters. The van der Waals surface area contributed by atoms with Crippen molar-refractivity contribution in [2.45, 2.75) is 31.7 Å². The van der Waals surface area contributed by atoms with E-state index in [0.717, 1.165) is 27.8 Å². The van der Waals surface area contributed by atoms with E-state index in [2.05, 4.69) is 26.6 Å².